The molecule has 0 spiro atoms. The summed E-state index contributed by atoms with van der Waals surface area (Å²) in [6.45, 7) is 2.71. The first kappa shape index (κ1) is 16.9. The highest BCUT2D eigenvalue weighted by molar-refractivity contribution is 5.87. The summed E-state index contributed by atoms with van der Waals surface area (Å²) in [5.74, 6) is 2.24. The first-order valence-corrected chi connectivity index (χ1v) is 7.06. The van der Waals surface area contributed by atoms with Gasteiger partial charge in [-0.3, -0.25) is 0 Å². The molecule has 1 heterocycles. The molecule has 0 saturated heterocycles. The average Bonchev–Trinajstić information content (AvgIpc) is 2.86. The minimum Gasteiger partial charge on any atom is -0.457 e. The van der Waals surface area contributed by atoms with Crippen LogP contribution < -0.4 is 10.1 Å². The summed E-state index contributed by atoms with van der Waals surface area (Å²) in [4.78, 5) is 0. The van der Waals surface area contributed by atoms with Gasteiger partial charge in [-0.1, -0.05) is 12.1 Å². The molecule has 23 heavy (non-hydrogen) atoms. The summed E-state index contributed by atoms with van der Waals surface area (Å²) in [5.41, 5.74) is 2.49. The third-order valence-corrected chi connectivity index (χ3v) is 3.55. The molecule has 4 nitrogen and oxygen atoms in total. The van der Waals surface area contributed by atoms with E-state index in [1.807, 2.05) is 32.2 Å². The molecule has 0 aliphatic heterocycles. The van der Waals surface area contributed by atoms with E-state index in [0.717, 1.165) is 28.8 Å². The maximum atomic E-state index is 8.83. The molecule has 2 aromatic carbocycles. The van der Waals surface area contributed by atoms with Crippen molar-refractivity contribution in [2.45, 2.75) is 13.5 Å². The zero-order chi connectivity index (χ0) is 15.5. The van der Waals surface area contributed by atoms with Gasteiger partial charge in [0.2, 0.25) is 0 Å². The molecule has 118 valence electrons. The Morgan fingerprint density at radius 1 is 1.17 bits per heavy atom. The number of aryl methyl sites for hydroxylation is 1. The van der Waals surface area contributed by atoms with Crippen LogP contribution in [0.5, 0.6) is 11.5 Å². The lowest BCUT2D eigenvalue weighted by molar-refractivity contribution is 0.468. The smallest absolute Gasteiger partial charge is 0.177 e. The number of fused-ring (bicyclic) bond motifs is 1. The summed E-state index contributed by atoms with van der Waals surface area (Å²) < 4.78 is 11.8. The largest absolute Gasteiger partial charge is 0.457 e. The number of halogens is 1. The molecule has 1 aromatic heterocycles. The number of nitrogens with one attached hydrogen (secondary N) is 1. The third-order valence-electron chi connectivity index (χ3n) is 3.55. The predicted molar refractivity (Wildman–Crippen MR) is 92.2 cm³/mol. The van der Waals surface area contributed by atoms with Crippen LogP contribution in [0.3, 0.4) is 0 Å². The minimum atomic E-state index is 0. The summed E-state index contributed by atoms with van der Waals surface area (Å²) in [6, 6.07) is 15.0. The van der Waals surface area contributed by atoms with Crippen molar-refractivity contribution in [3.8, 4) is 17.6 Å². The van der Waals surface area contributed by atoms with Gasteiger partial charge in [0, 0.05) is 17.5 Å². The van der Waals surface area contributed by atoms with Gasteiger partial charge < -0.3 is 14.5 Å². The second-order valence-corrected chi connectivity index (χ2v) is 5.04. The molecule has 0 radical (unpaired) electrons. The standard InChI is InChI=1S/C18H16N2O2.ClH/c1-12-16(11-20-2)15-4-3-5-17(18(15)21-12)22-14-8-6-13(10-19)7-9-14;/h3-9,20H,11H2,1-2H3;1H. The van der Waals surface area contributed by atoms with E-state index >= 15 is 0 Å². The van der Waals surface area contributed by atoms with Crippen LogP contribution in [0, 0.1) is 18.3 Å². The van der Waals surface area contributed by atoms with Crippen LogP contribution in [0.4, 0.5) is 0 Å². The van der Waals surface area contributed by atoms with E-state index in [2.05, 4.69) is 11.4 Å². The molecule has 0 unspecified atom stereocenters. The molecule has 0 amide bonds. The molecule has 0 atom stereocenters. The van der Waals surface area contributed by atoms with E-state index in [0.29, 0.717) is 17.1 Å². The van der Waals surface area contributed by atoms with Crippen molar-refractivity contribution >= 4 is 23.4 Å². The number of ether oxygens (including phenoxy) is 1. The number of benzene rings is 2. The highest BCUT2D eigenvalue weighted by Gasteiger charge is 2.14. The average molecular weight is 329 g/mol. The van der Waals surface area contributed by atoms with Crippen molar-refractivity contribution < 1.29 is 9.15 Å². The highest BCUT2D eigenvalue weighted by atomic mass is 35.5. The Labute approximate surface area is 141 Å². The summed E-state index contributed by atoms with van der Waals surface area (Å²) in [6.07, 6.45) is 0. The van der Waals surface area contributed by atoms with E-state index in [4.69, 9.17) is 14.4 Å². The monoisotopic (exact) mass is 328 g/mol. The van der Waals surface area contributed by atoms with Crippen LogP contribution in [-0.4, -0.2) is 7.05 Å². The van der Waals surface area contributed by atoms with Gasteiger partial charge in [-0.2, -0.15) is 5.26 Å². The highest BCUT2D eigenvalue weighted by Crippen LogP contribution is 2.35. The molecule has 3 aromatic rings. The first-order chi connectivity index (χ1) is 10.7. The molecule has 0 aliphatic rings. The lowest BCUT2D eigenvalue weighted by Crippen LogP contribution is -2.05. The Bertz CT molecular complexity index is 848. The number of para-hydroxylation sites is 1. The SMILES string of the molecule is CNCc1c(C)oc2c(Oc3ccc(C#N)cc3)cccc12.Cl. The van der Waals surface area contributed by atoms with Gasteiger partial charge in [0.15, 0.2) is 11.3 Å². The molecular weight excluding hydrogens is 312 g/mol. The maximum absolute atomic E-state index is 8.83. The van der Waals surface area contributed by atoms with Crippen molar-refractivity contribution in [1.82, 2.24) is 5.32 Å². The van der Waals surface area contributed by atoms with E-state index in [1.54, 1.807) is 24.3 Å². The fourth-order valence-electron chi connectivity index (χ4n) is 2.46. The van der Waals surface area contributed by atoms with Gasteiger partial charge >= 0.3 is 0 Å². The van der Waals surface area contributed by atoms with Crippen LogP contribution in [0.1, 0.15) is 16.9 Å². The van der Waals surface area contributed by atoms with Gasteiger partial charge in [0.1, 0.15) is 11.5 Å². The number of nitrogens with zero attached hydrogens (tertiary/aromatic N) is 1. The fraction of sp³-hybridized carbons (Fsp3) is 0.167. The Balaban J connectivity index is 0.00000192. The molecule has 0 bridgehead atoms. The molecule has 0 saturated carbocycles. The summed E-state index contributed by atoms with van der Waals surface area (Å²) in [5, 5.41) is 13.0. The van der Waals surface area contributed by atoms with Gasteiger partial charge in [-0.25, -0.2) is 0 Å². The second-order valence-electron chi connectivity index (χ2n) is 5.04. The number of nitriles is 1. The van der Waals surface area contributed by atoms with E-state index in [9.17, 15) is 0 Å². The number of hydrogen-bond donors (Lipinski definition) is 1. The molecule has 0 fully saturated rings. The zero-order valence-electron chi connectivity index (χ0n) is 12.9. The van der Waals surface area contributed by atoms with Crippen LogP contribution >= 0.6 is 12.4 Å². The number of rotatable bonds is 4. The molecule has 5 heteroatoms. The Morgan fingerprint density at radius 2 is 1.91 bits per heavy atom. The zero-order valence-corrected chi connectivity index (χ0v) is 13.7. The van der Waals surface area contributed by atoms with Crippen LogP contribution in [0.2, 0.25) is 0 Å². The molecular formula is C18H17ClN2O2. The van der Waals surface area contributed by atoms with Crippen LogP contribution in [0.25, 0.3) is 11.0 Å². The van der Waals surface area contributed by atoms with Crippen LogP contribution in [0.15, 0.2) is 46.9 Å². The van der Waals surface area contributed by atoms with Gasteiger partial charge in [-0.15, -0.1) is 12.4 Å². The minimum absolute atomic E-state index is 0. The fourth-order valence-corrected chi connectivity index (χ4v) is 2.46. The maximum Gasteiger partial charge on any atom is 0.177 e. The van der Waals surface area contributed by atoms with Gasteiger partial charge in [0.05, 0.1) is 11.6 Å². The Hall–Kier alpha value is -2.48. The topological polar surface area (TPSA) is 58.2 Å². The number of hydrogen-bond acceptors (Lipinski definition) is 4. The van der Waals surface area contributed by atoms with Gasteiger partial charge in [0.25, 0.3) is 0 Å². The van der Waals surface area contributed by atoms with Crippen LogP contribution in [-0.2, 0) is 6.54 Å². The Morgan fingerprint density at radius 3 is 2.57 bits per heavy atom. The third kappa shape index (κ3) is 3.31. The summed E-state index contributed by atoms with van der Waals surface area (Å²) in [7, 11) is 1.91. The molecule has 0 aliphatic carbocycles. The summed E-state index contributed by atoms with van der Waals surface area (Å²) >= 11 is 0. The first-order valence-electron chi connectivity index (χ1n) is 7.06. The molecule has 3 rings (SSSR count). The normalized spacial score (nSPS) is 10.1. The lowest BCUT2D eigenvalue weighted by Gasteiger charge is -2.06. The predicted octanol–water partition coefficient (Wildman–Crippen LogP) is 4.55. The van der Waals surface area contributed by atoms with E-state index in [-0.39, 0.29) is 12.4 Å². The molecule has 1 N–H and O–H groups in total. The van der Waals surface area contributed by atoms with Gasteiger partial charge in [-0.05, 0) is 44.3 Å². The van der Waals surface area contributed by atoms with E-state index < -0.39 is 0 Å². The lowest BCUT2D eigenvalue weighted by atomic mass is 10.1. The van der Waals surface area contributed by atoms with Crippen molar-refractivity contribution in [2.75, 3.05) is 7.05 Å². The van der Waals surface area contributed by atoms with Crippen molar-refractivity contribution in [3.63, 3.8) is 0 Å². The van der Waals surface area contributed by atoms with Crippen molar-refractivity contribution in [2.24, 2.45) is 0 Å². The van der Waals surface area contributed by atoms with Crippen molar-refractivity contribution in [1.29, 1.82) is 5.26 Å². The quantitative estimate of drug-likeness (QED) is 0.763. The van der Waals surface area contributed by atoms with Crippen molar-refractivity contribution in [3.05, 3.63) is 59.4 Å². The second kappa shape index (κ2) is 7.19. The Kier molecular flexibility index (Phi) is 5.28. The number of furan rings is 1. The van der Waals surface area contributed by atoms with E-state index in [1.165, 1.54) is 0 Å².